The van der Waals surface area contributed by atoms with Crippen LogP contribution in [0.5, 0.6) is 0 Å². The second-order valence-electron chi connectivity index (χ2n) is 4.24. The van der Waals surface area contributed by atoms with Crippen LogP contribution in [0.4, 0.5) is 0 Å². The van der Waals surface area contributed by atoms with Gasteiger partial charge in [-0.15, -0.1) is 12.4 Å². The topological polar surface area (TPSA) is 41.1 Å². The van der Waals surface area contributed by atoms with Crippen molar-refractivity contribution in [2.75, 3.05) is 13.1 Å². The largest absolute Gasteiger partial charge is 0.351 e. The Morgan fingerprint density at radius 1 is 1.54 bits per heavy atom. The first-order chi connectivity index (χ1) is 5.70. The van der Waals surface area contributed by atoms with Crippen molar-refractivity contribution >= 4 is 18.3 Å². The van der Waals surface area contributed by atoms with E-state index in [1.165, 1.54) is 0 Å². The molecule has 0 bridgehead atoms. The van der Waals surface area contributed by atoms with Gasteiger partial charge in [0, 0.05) is 12.1 Å². The minimum absolute atomic E-state index is 0. The maximum Gasteiger partial charge on any atom is 0.224 e. The molecule has 13 heavy (non-hydrogen) atoms. The molecule has 76 valence electrons. The molecule has 1 aliphatic heterocycles. The van der Waals surface area contributed by atoms with Crippen molar-refractivity contribution in [2.24, 2.45) is 5.92 Å². The first-order valence-corrected chi connectivity index (χ1v) is 4.72. The molecule has 2 N–H and O–H groups in total. The Labute approximate surface area is 85.1 Å². The normalized spacial score (nSPS) is 29.2. The average molecular weight is 205 g/mol. The highest BCUT2D eigenvalue weighted by molar-refractivity contribution is 5.85. The molecule has 1 saturated carbocycles. The fourth-order valence-electron chi connectivity index (χ4n) is 1.59. The van der Waals surface area contributed by atoms with Gasteiger partial charge in [0.2, 0.25) is 5.91 Å². The summed E-state index contributed by atoms with van der Waals surface area (Å²) >= 11 is 0. The quantitative estimate of drug-likeness (QED) is 0.695. The van der Waals surface area contributed by atoms with E-state index in [0.29, 0.717) is 0 Å². The number of carbonyl (C=O) groups excluding carboxylic acids is 1. The highest BCUT2D eigenvalue weighted by Gasteiger charge is 2.40. The first-order valence-electron chi connectivity index (χ1n) is 4.72. The molecule has 0 aromatic carbocycles. The molecule has 2 aliphatic rings. The van der Waals surface area contributed by atoms with Gasteiger partial charge in [0.1, 0.15) is 0 Å². The van der Waals surface area contributed by atoms with Crippen molar-refractivity contribution in [3.63, 3.8) is 0 Å². The number of amides is 1. The summed E-state index contributed by atoms with van der Waals surface area (Å²) in [4.78, 5) is 11.5. The van der Waals surface area contributed by atoms with Gasteiger partial charge in [-0.1, -0.05) is 0 Å². The lowest BCUT2D eigenvalue weighted by Crippen LogP contribution is -2.39. The zero-order valence-corrected chi connectivity index (χ0v) is 8.75. The molecule has 2 rings (SSSR count). The number of rotatable bonds is 2. The third-order valence-electron chi connectivity index (χ3n) is 2.86. The van der Waals surface area contributed by atoms with E-state index in [4.69, 9.17) is 0 Å². The van der Waals surface area contributed by atoms with Crippen LogP contribution in [-0.4, -0.2) is 24.5 Å². The van der Waals surface area contributed by atoms with Crippen LogP contribution in [0, 0.1) is 5.92 Å². The van der Waals surface area contributed by atoms with Crippen molar-refractivity contribution in [3.05, 3.63) is 0 Å². The number of carbonyl (C=O) groups is 1. The maximum atomic E-state index is 11.5. The first kappa shape index (κ1) is 10.8. The Kier molecular flexibility index (Phi) is 3.19. The highest BCUT2D eigenvalue weighted by atomic mass is 35.5. The van der Waals surface area contributed by atoms with Crippen molar-refractivity contribution in [1.82, 2.24) is 10.6 Å². The predicted octanol–water partition coefficient (Wildman–Crippen LogP) is 0.686. The summed E-state index contributed by atoms with van der Waals surface area (Å²) in [7, 11) is 0. The van der Waals surface area contributed by atoms with Crippen LogP contribution in [0.25, 0.3) is 0 Å². The Bertz CT molecular complexity index is 198. The molecule has 2 fully saturated rings. The zero-order chi connectivity index (χ0) is 8.60. The van der Waals surface area contributed by atoms with Crippen LogP contribution >= 0.6 is 12.4 Å². The molecule has 0 spiro atoms. The van der Waals surface area contributed by atoms with E-state index in [0.717, 1.165) is 32.4 Å². The standard InChI is InChI=1S/C9H16N2O.ClH/c1-9(3-4-9)11-8(12)7-2-5-10-6-7;/h7,10H,2-6H2,1H3,(H,11,12);1H/t7-;/m1./s1. The summed E-state index contributed by atoms with van der Waals surface area (Å²) < 4.78 is 0. The van der Waals surface area contributed by atoms with Gasteiger partial charge in [-0.2, -0.15) is 0 Å². The average Bonchev–Trinajstić information content (AvgIpc) is 2.55. The molecule has 0 aromatic rings. The Balaban J connectivity index is 0.000000845. The Morgan fingerprint density at radius 2 is 2.23 bits per heavy atom. The summed E-state index contributed by atoms with van der Waals surface area (Å²) in [5.74, 6) is 0.474. The van der Waals surface area contributed by atoms with Gasteiger partial charge in [0.15, 0.2) is 0 Å². The fraction of sp³-hybridized carbons (Fsp3) is 0.889. The minimum atomic E-state index is 0. The van der Waals surface area contributed by atoms with Crippen molar-refractivity contribution in [3.8, 4) is 0 Å². The van der Waals surface area contributed by atoms with Crippen molar-refractivity contribution in [1.29, 1.82) is 0 Å². The Hall–Kier alpha value is -0.280. The summed E-state index contributed by atoms with van der Waals surface area (Å²) in [5.41, 5.74) is 0.152. The van der Waals surface area contributed by atoms with Crippen molar-refractivity contribution in [2.45, 2.75) is 31.7 Å². The number of halogens is 1. The molecule has 0 unspecified atom stereocenters. The lowest BCUT2D eigenvalue weighted by atomic mass is 10.1. The van der Waals surface area contributed by atoms with Crippen LogP contribution in [0.3, 0.4) is 0 Å². The van der Waals surface area contributed by atoms with E-state index < -0.39 is 0 Å². The van der Waals surface area contributed by atoms with E-state index in [1.54, 1.807) is 0 Å². The summed E-state index contributed by atoms with van der Waals surface area (Å²) in [6.45, 7) is 3.98. The molecule has 0 radical (unpaired) electrons. The van der Waals surface area contributed by atoms with Gasteiger partial charge in [-0.3, -0.25) is 4.79 Å². The second kappa shape index (κ2) is 3.84. The van der Waals surface area contributed by atoms with E-state index in [9.17, 15) is 4.79 Å². The van der Waals surface area contributed by atoms with Crippen LogP contribution < -0.4 is 10.6 Å². The van der Waals surface area contributed by atoms with Gasteiger partial charge in [-0.05, 0) is 32.7 Å². The molecule has 1 atom stereocenters. The van der Waals surface area contributed by atoms with Crippen LogP contribution in [0.15, 0.2) is 0 Å². The van der Waals surface area contributed by atoms with Gasteiger partial charge in [0.05, 0.1) is 5.92 Å². The maximum absolute atomic E-state index is 11.5. The van der Waals surface area contributed by atoms with Gasteiger partial charge in [-0.25, -0.2) is 0 Å². The van der Waals surface area contributed by atoms with Gasteiger partial charge < -0.3 is 10.6 Å². The second-order valence-corrected chi connectivity index (χ2v) is 4.24. The summed E-state index contributed by atoms with van der Waals surface area (Å²) in [6, 6.07) is 0. The third kappa shape index (κ3) is 2.58. The lowest BCUT2D eigenvalue weighted by Gasteiger charge is -2.14. The van der Waals surface area contributed by atoms with Gasteiger partial charge >= 0.3 is 0 Å². The highest BCUT2D eigenvalue weighted by Crippen LogP contribution is 2.34. The van der Waals surface area contributed by atoms with E-state index in [2.05, 4.69) is 17.6 Å². The summed E-state index contributed by atoms with van der Waals surface area (Å²) in [6.07, 6.45) is 3.31. The van der Waals surface area contributed by atoms with Crippen molar-refractivity contribution < 1.29 is 4.79 Å². The van der Waals surface area contributed by atoms with Gasteiger partial charge in [0.25, 0.3) is 0 Å². The monoisotopic (exact) mass is 204 g/mol. The third-order valence-corrected chi connectivity index (χ3v) is 2.86. The fourth-order valence-corrected chi connectivity index (χ4v) is 1.59. The Morgan fingerprint density at radius 3 is 2.69 bits per heavy atom. The number of nitrogens with one attached hydrogen (secondary N) is 2. The van der Waals surface area contributed by atoms with Crippen LogP contribution in [-0.2, 0) is 4.79 Å². The molecule has 4 heteroatoms. The SMILES string of the molecule is CC1(NC(=O)[C@@H]2CCNC2)CC1.Cl. The predicted molar refractivity (Wildman–Crippen MR) is 54.0 cm³/mol. The molecule has 1 aliphatic carbocycles. The number of hydrogen-bond acceptors (Lipinski definition) is 2. The lowest BCUT2D eigenvalue weighted by molar-refractivity contribution is -0.125. The molecular formula is C9H17ClN2O. The zero-order valence-electron chi connectivity index (χ0n) is 7.93. The van der Waals surface area contributed by atoms with E-state index in [-0.39, 0.29) is 29.8 Å². The minimum Gasteiger partial charge on any atom is -0.351 e. The van der Waals surface area contributed by atoms with Crippen LogP contribution in [0.2, 0.25) is 0 Å². The van der Waals surface area contributed by atoms with Crippen LogP contribution in [0.1, 0.15) is 26.2 Å². The number of hydrogen-bond donors (Lipinski definition) is 2. The molecule has 3 nitrogen and oxygen atoms in total. The molecule has 1 heterocycles. The molecule has 1 amide bonds. The summed E-state index contributed by atoms with van der Waals surface area (Å²) in [5, 5.41) is 6.29. The molecule has 1 saturated heterocycles. The van der Waals surface area contributed by atoms with E-state index >= 15 is 0 Å². The molecular weight excluding hydrogens is 188 g/mol. The molecule has 0 aromatic heterocycles. The smallest absolute Gasteiger partial charge is 0.224 e. The van der Waals surface area contributed by atoms with E-state index in [1.807, 2.05) is 0 Å².